The molecule has 0 radical (unpaired) electrons. The maximum Gasteiger partial charge on any atom is 0.238 e. The van der Waals surface area contributed by atoms with Crippen molar-refractivity contribution < 1.29 is 4.42 Å². The molecule has 6 heteroatoms. The largest absolute Gasteiger partial charge is 0.456 e. The summed E-state index contributed by atoms with van der Waals surface area (Å²) in [4.78, 5) is 15.4. The van der Waals surface area contributed by atoms with E-state index in [0.717, 1.165) is 71.6 Å². The molecule has 11 aromatic rings. The second-order valence-electron chi connectivity index (χ2n) is 12.9. The Kier molecular flexibility index (Phi) is 5.86. The molecule has 0 N–H and O–H groups in total. The first kappa shape index (κ1) is 27.9. The first-order valence-corrected chi connectivity index (χ1v) is 17.0. The third kappa shape index (κ3) is 4.14. The highest BCUT2D eigenvalue weighted by Crippen LogP contribution is 2.44. The maximum atomic E-state index is 6.50. The van der Waals surface area contributed by atoms with Crippen LogP contribution in [-0.4, -0.2) is 24.1 Å². The highest BCUT2D eigenvalue weighted by Gasteiger charge is 2.24. The maximum absolute atomic E-state index is 6.50. The van der Waals surface area contributed by atoms with Gasteiger partial charge in [0, 0.05) is 49.1 Å². The van der Waals surface area contributed by atoms with E-state index < -0.39 is 0 Å². The third-order valence-corrected chi connectivity index (χ3v) is 9.96. The second-order valence-corrected chi connectivity index (χ2v) is 12.9. The third-order valence-electron chi connectivity index (χ3n) is 9.96. The van der Waals surface area contributed by atoms with E-state index in [4.69, 9.17) is 19.4 Å². The molecule has 238 valence electrons. The van der Waals surface area contributed by atoms with Crippen LogP contribution in [0.3, 0.4) is 0 Å². The lowest BCUT2D eigenvalue weighted by Crippen LogP contribution is -2.06. The minimum absolute atomic E-state index is 0.556. The molecule has 0 atom stereocenters. The van der Waals surface area contributed by atoms with E-state index in [1.807, 2.05) is 72.8 Å². The predicted octanol–water partition coefficient (Wildman–Crippen LogP) is 11.3. The van der Waals surface area contributed by atoms with Gasteiger partial charge in [-0.25, -0.2) is 4.98 Å². The molecule has 4 heterocycles. The van der Waals surface area contributed by atoms with Gasteiger partial charge in [0.05, 0.1) is 22.1 Å². The van der Waals surface area contributed by atoms with Crippen LogP contribution < -0.4 is 0 Å². The number of para-hydroxylation sites is 3. The monoisotopic (exact) mass is 653 g/mol. The Balaban J connectivity index is 1.33. The van der Waals surface area contributed by atoms with E-state index in [2.05, 4.69) is 100 Å². The molecule has 0 saturated carbocycles. The lowest BCUT2D eigenvalue weighted by atomic mass is 10.0. The van der Waals surface area contributed by atoms with Crippen LogP contribution in [0.4, 0.5) is 0 Å². The van der Waals surface area contributed by atoms with Gasteiger partial charge < -0.3 is 8.98 Å². The average molecular weight is 654 g/mol. The molecule has 11 rings (SSSR count). The van der Waals surface area contributed by atoms with Gasteiger partial charge in [-0.3, -0.25) is 4.57 Å². The number of benzene rings is 7. The van der Waals surface area contributed by atoms with Crippen molar-refractivity contribution in [1.82, 2.24) is 24.1 Å². The fraction of sp³-hybridized carbons (Fsp3) is 0. The zero-order valence-electron chi connectivity index (χ0n) is 27.2. The van der Waals surface area contributed by atoms with Crippen molar-refractivity contribution in [2.24, 2.45) is 0 Å². The van der Waals surface area contributed by atoms with Gasteiger partial charge in [0.25, 0.3) is 0 Å². The van der Waals surface area contributed by atoms with E-state index in [9.17, 15) is 0 Å². The van der Waals surface area contributed by atoms with Crippen LogP contribution in [0.1, 0.15) is 0 Å². The molecule has 7 aromatic carbocycles. The zero-order chi connectivity index (χ0) is 33.5. The molecule has 0 amide bonds. The molecule has 0 aliphatic rings. The average Bonchev–Trinajstić information content (AvgIpc) is 3.85. The van der Waals surface area contributed by atoms with Crippen LogP contribution in [-0.2, 0) is 0 Å². The minimum Gasteiger partial charge on any atom is -0.456 e. The van der Waals surface area contributed by atoms with Crippen molar-refractivity contribution in [2.45, 2.75) is 0 Å². The topological polar surface area (TPSA) is 61.7 Å². The molecule has 51 heavy (non-hydrogen) atoms. The normalized spacial score (nSPS) is 11.9. The quantitative estimate of drug-likeness (QED) is 0.190. The van der Waals surface area contributed by atoms with Crippen LogP contribution >= 0.6 is 0 Å². The Hall–Kier alpha value is -7.05. The van der Waals surface area contributed by atoms with Gasteiger partial charge in [-0.1, -0.05) is 115 Å². The smallest absolute Gasteiger partial charge is 0.238 e. The predicted molar refractivity (Wildman–Crippen MR) is 207 cm³/mol. The van der Waals surface area contributed by atoms with Crippen molar-refractivity contribution >= 4 is 65.6 Å². The van der Waals surface area contributed by atoms with Gasteiger partial charge in [-0.15, -0.1) is 0 Å². The molecule has 0 saturated heterocycles. The summed E-state index contributed by atoms with van der Waals surface area (Å²) >= 11 is 0. The van der Waals surface area contributed by atoms with Gasteiger partial charge in [0.1, 0.15) is 11.2 Å². The fourth-order valence-corrected chi connectivity index (χ4v) is 7.75. The number of hydrogen-bond acceptors (Lipinski definition) is 4. The summed E-state index contributed by atoms with van der Waals surface area (Å²) in [6, 6.07) is 56.6. The Morgan fingerprint density at radius 1 is 0.373 bits per heavy atom. The van der Waals surface area contributed by atoms with Gasteiger partial charge >= 0.3 is 0 Å². The zero-order valence-corrected chi connectivity index (χ0v) is 27.2. The highest BCUT2D eigenvalue weighted by atomic mass is 16.3. The number of hydrogen-bond donors (Lipinski definition) is 0. The lowest BCUT2D eigenvalue weighted by Gasteiger charge is -2.11. The van der Waals surface area contributed by atoms with Crippen molar-refractivity contribution in [1.29, 1.82) is 0 Å². The van der Waals surface area contributed by atoms with E-state index in [0.29, 0.717) is 17.6 Å². The van der Waals surface area contributed by atoms with Crippen molar-refractivity contribution in [3.05, 3.63) is 164 Å². The number of fused-ring (bicyclic) bond motifs is 10. The second kappa shape index (κ2) is 10.7. The molecule has 4 aromatic heterocycles. The summed E-state index contributed by atoms with van der Waals surface area (Å²) in [5.74, 6) is 1.79. The molecule has 0 aliphatic heterocycles. The molecule has 0 aliphatic carbocycles. The van der Waals surface area contributed by atoms with Gasteiger partial charge in [0.15, 0.2) is 11.6 Å². The Morgan fingerprint density at radius 3 is 1.65 bits per heavy atom. The highest BCUT2D eigenvalue weighted by molar-refractivity contribution is 6.30. The van der Waals surface area contributed by atoms with Crippen LogP contribution in [0, 0.1) is 0 Å². The number of rotatable bonds is 4. The lowest BCUT2D eigenvalue weighted by molar-refractivity contribution is 0.669. The summed E-state index contributed by atoms with van der Waals surface area (Å²) in [7, 11) is 0. The van der Waals surface area contributed by atoms with Gasteiger partial charge in [-0.05, 0) is 48.5 Å². The molecular weight excluding hydrogens is 627 g/mol. The molecule has 0 bridgehead atoms. The van der Waals surface area contributed by atoms with E-state index in [-0.39, 0.29) is 0 Å². The molecule has 0 fully saturated rings. The standard InChI is InChI=1S/C45H27N5O/c1-4-14-28(15-5-1)43-46-44(29-16-6-2-7-17-29)48-45(47-43)50-37-25-24-36-41(32-21-10-12-22-35(32)49(36)30-18-8-3-9-19-30)42(37)34-27-40-33(26-38(34)50)31-20-11-13-23-39(31)51-40/h1-27H. The molecule has 0 spiro atoms. The summed E-state index contributed by atoms with van der Waals surface area (Å²) in [5, 5.41) is 6.66. The van der Waals surface area contributed by atoms with Gasteiger partial charge in [0.2, 0.25) is 5.95 Å². The summed E-state index contributed by atoms with van der Waals surface area (Å²) < 4.78 is 11.1. The van der Waals surface area contributed by atoms with Crippen LogP contribution in [0.2, 0.25) is 0 Å². The number of nitrogens with zero attached hydrogens (tertiary/aromatic N) is 5. The van der Waals surface area contributed by atoms with E-state index >= 15 is 0 Å². The van der Waals surface area contributed by atoms with E-state index in [1.165, 1.54) is 10.8 Å². The summed E-state index contributed by atoms with van der Waals surface area (Å²) in [6.07, 6.45) is 0. The number of aromatic nitrogens is 5. The van der Waals surface area contributed by atoms with Crippen molar-refractivity contribution in [2.75, 3.05) is 0 Å². The summed E-state index contributed by atoms with van der Waals surface area (Å²) in [6.45, 7) is 0. The molecular formula is C45H27N5O. The Morgan fingerprint density at radius 2 is 0.941 bits per heavy atom. The SMILES string of the molecule is c1ccc(-c2nc(-c3ccccc3)nc(-n3c4cc5c(cc4c4c6c7ccccc7n(-c7ccccc7)c6ccc43)oc3ccccc35)n2)cc1. The van der Waals surface area contributed by atoms with Crippen LogP contribution in [0.15, 0.2) is 168 Å². The van der Waals surface area contributed by atoms with Crippen molar-refractivity contribution in [3.63, 3.8) is 0 Å². The van der Waals surface area contributed by atoms with Crippen LogP contribution in [0.25, 0.3) is 100.0 Å². The van der Waals surface area contributed by atoms with Crippen molar-refractivity contribution in [3.8, 4) is 34.4 Å². The molecule has 0 unspecified atom stereocenters. The Labute approximate surface area is 291 Å². The Bertz CT molecular complexity index is 3060. The minimum atomic E-state index is 0.556. The first-order valence-electron chi connectivity index (χ1n) is 17.0. The summed E-state index contributed by atoms with van der Waals surface area (Å²) in [5.41, 5.74) is 8.96. The van der Waals surface area contributed by atoms with Crippen LogP contribution in [0.5, 0.6) is 0 Å². The fourth-order valence-electron chi connectivity index (χ4n) is 7.75. The first-order chi connectivity index (χ1) is 25.3. The molecule has 6 nitrogen and oxygen atoms in total. The van der Waals surface area contributed by atoms with Gasteiger partial charge in [-0.2, -0.15) is 9.97 Å². The number of furan rings is 1. The van der Waals surface area contributed by atoms with E-state index in [1.54, 1.807) is 0 Å².